The van der Waals surface area contributed by atoms with Crippen LogP contribution < -0.4 is 11.1 Å². The average Bonchev–Trinajstić information content (AvgIpc) is 2.85. The minimum Gasteiger partial charge on any atom is -0.381 e. The van der Waals surface area contributed by atoms with Gasteiger partial charge in [-0.2, -0.15) is 5.10 Å². The van der Waals surface area contributed by atoms with Crippen molar-refractivity contribution >= 4 is 5.91 Å². The number of rotatable bonds is 4. The fourth-order valence-corrected chi connectivity index (χ4v) is 2.40. The highest BCUT2D eigenvalue weighted by molar-refractivity contribution is 5.83. The summed E-state index contributed by atoms with van der Waals surface area (Å²) >= 11 is 0. The molecule has 6 nitrogen and oxygen atoms in total. The third-order valence-corrected chi connectivity index (χ3v) is 3.71. The predicted octanol–water partition coefficient (Wildman–Crippen LogP) is 0.351. The Morgan fingerprint density at radius 1 is 1.58 bits per heavy atom. The molecule has 2 atom stereocenters. The first-order chi connectivity index (χ1) is 9.08. The van der Waals surface area contributed by atoms with Crippen LogP contribution in [0.2, 0.25) is 0 Å². The Morgan fingerprint density at radius 2 is 2.26 bits per heavy atom. The van der Waals surface area contributed by atoms with Crippen molar-refractivity contribution in [2.24, 2.45) is 18.7 Å². The maximum atomic E-state index is 12.1. The van der Waals surface area contributed by atoms with Crippen molar-refractivity contribution in [1.29, 1.82) is 0 Å². The first kappa shape index (κ1) is 14.0. The molecule has 6 heteroatoms. The van der Waals surface area contributed by atoms with Crippen molar-refractivity contribution in [1.82, 2.24) is 15.1 Å². The molecule has 1 aliphatic heterocycles. The Balaban J connectivity index is 1.89. The minimum atomic E-state index is -0.656. The smallest absolute Gasteiger partial charge is 0.241 e. The Bertz CT molecular complexity index is 426. The summed E-state index contributed by atoms with van der Waals surface area (Å²) in [5, 5.41) is 7.03. The molecule has 1 amide bonds. The van der Waals surface area contributed by atoms with Crippen LogP contribution in [0.15, 0.2) is 12.4 Å². The molecule has 1 saturated heterocycles. The van der Waals surface area contributed by atoms with Crippen LogP contribution in [-0.2, 0) is 16.6 Å². The number of amides is 1. The van der Waals surface area contributed by atoms with E-state index in [4.69, 9.17) is 10.5 Å². The summed E-state index contributed by atoms with van der Waals surface area (Å²) in [5.41, 5.74) is 6.67. The molecule has 1 aliphatic rings. The van der Waals surface area contributed by atoms with Gasteiger partial charge in [-0.05, 0) is 25.7 Å². The zero-order valence-electron chi connectivity index (χ0n) is 11.5. The van der Waals surface area contributed by atoms with E-state index in [1.54, 1.807) is 24.1 Å². The lowest BCUT2D eigenvalue weighted by Gasteiger charge is -2.29. The molecule has 106 valence electrons. The zero-order chi connectivity index (χ0) is 13.8. The monoisotopic (exact) mass is 266 g/mol. The topological polar surface area (TPSA) is 82.2 Å². The van der Waals surface area contributed by atoms with Crippen molar-refractivity contribution in [2.75, 3.05) is 13.2 Å². The fraction of sp³-hybridized carbons (Fsp3) is 0.692. The Morgan fingerprint density at radius 3 is 2.84 bits per heavy atom. The Hall–Kier alpha value is -1.40. The molecule has 1 fully saturated rings. The summed E-state index contributed by atoms with van der Waals surface area (Å²) in [6.07, 6.45) is 5.37. The number of carbonyl (C=O) groups is 1. The summed E-state index contributed by atoms with van der Waals surface area (Å²) in [7, 11) is 1.80. The van der Waals surface area contributed by atoms with E-state index in [2.05, 4.69) is 10.4 Å². The number of carbonyl (C=O) groups excluding carboxylic acids is 1. The highest BCUT2D eigenvalue weighted by atomic mass is 16.5. The quantitative estimate of drug-likeness (QED) is 0.824. The van der Waals surface area contributed by atoms with Crippen molar-refractivity contribution < 1.29 is 9.53 Å². The number of nitrogens with two attached hydrogens (primary N) is 1. The van der Waals surface area contributed by atoms with Gasteiger partial charge < -0.3 is 15.8 Å². The first-order valence-corrected chi connectivity index (χ1v) is 6.70. The zero-order valence-corrected chi connectivity index (χ0v) is 11.5. The molecular formula is C13H22N4O2. The maximum absolute atomic E-state index is 12.1. The molecule has 0 radical (unpaired) electrons. The van der Waals surface area contributed by atoms with E-state index in [-0.39, 0.29) is 11.9 Å². The van der Waals surface area contributed by atoms with Crippen LogP contribution in [0.4, 0.5) is 0 Å². The van der Waals surface area contributed by atoms with Gasteiger partial charge in [0.15, 0.2) is 0 Å². The molecular weight excluding hydrogens is 244 g/mol. The molecule has 2 rings (SSSR count). The van der Waals surface area contributed by atoms with Crippen LogP contribution in [0, 0.1) is 5.92 Å². The maximum Gasteiger partial charge on any atom is 0.241 e. The third kappa shape index (κ3) is 3.54. The predicted molar refractivity (Wildman–Crippen MR) is 71.3 cm³/mol. The van der Waals surface area contributed by atoms with Crippen molar-refractivity contribution in [3.05, 3.63) is 18.0 Å². The van der Waals surface area contributed by atoms with Gasteiger partial charge in [-0.3, -0.25) is 9.48 Å². The normalized spacial score (nSPS) is 19.9. The average molecular weight is 266 g/mol. The van der Waals surface area contributed by atoms with E-state index in [0.29, 0.717) is 5.92 Å². The molecule has 2 unspecified atom stereocenters. The number of nitrogens with one attached hydrogen (secondary N) is 1. The largest absolute Gasteiger partial charge is 0.381 e. The molecule has 1 aromatic heterocycles. The number of aromatic nitrogens is 2. The van der Waals surface area contributed by atoms with Crippen molar-refractivity contribution in [3.63, 3.8) is 0 Å². The van der Waals surface area contributed by atoms with Crippen LogP contribution in [0.25, 0.3) is 0 Å². The van der Waals surface area contributed by atoms with Crippen LogP contribution in [0.1, 0.15) is 31.4 Å². The van der Waals surface area contributed by atoms with E-state index in [9.17, 15) is 4.79 Å². The minimum absolute atomic E-state index is 0.124. The molecule has 0 saturated carbocycles. The van der Waals surface area contributed by atoms with Gasteiger partial charge in [0, 0.05) is 38.1 Å². The lowest BCUT2D eigenvalue weighted by Crippen LogP contribution is -2.44. The molecule has 3 N–H and O–H groups in total. The summed E-state index contributed by atoms with van der Waals surface area (Å²) in [4.78, 5) is 12.1. The number of nitrogens with zero attached hydrogens (tertiary/aromatic N) is 2. The summed E-state index contributed by atoms with van der Waals surface area (Å²) in [6.45, 7) is 3.59. The van der Waals surface area contributed by atoms with Gasteiger partial charge in [-0.1, -0.05) is 0 Å². The van der Waals surface area contributed by atoms with Gasteiger partial charge in [0.25, 0.3) is 0 Å². The first-order valence-electron chi connectivity index (χ1n) is 6.70. The second kappa shape index (κ2) is 6.16. The Kier molecular flexibility index (Phi) is 4.55. The molecule has 0 bridgehead atoms. The number of ether oxygens (including phenoxy) is 1. The second-order valence-corrected chi connectivity index (χ2v) is 5.17. The molecule has 1 aromatic rings. The molecule has 0 spiro atoms. The standard InChI is InChI=1S/C13H22N4O2/c1-9(10-3-5-19-6-4-10)16-13(18)12(14)11-7-15-17(2)8-11/h7-10,12H,3-6,14H2,1-2H3,(H,16,18). The van der Waals surface area contributed by atoms with Gasteiger partial charge in [0.05, 0.1) is 6.20 Å². The fourth-order valence-electron chi connectivity index (χ4n) is 2.40. The molecule has 0 aromatic carbocycles. The molecule has 2 heterocycles. The van der Waals surface area contributed by atoms with E-state index >= 15 is 0 Å². The van der Waals surface area contributed by atoms with Crippen molar-refractivity contribution in [3.8, 4) is 0 Å². The summed E-state index contributed by atoms with van der Waals surface area (Å²) in [6, 6.07) is -0.532. The van der Waals surface area contributed by atoms with E-state index in [1.807, 2.05) is 6.92 Å². The SMILES string of the molecule is CC(NC(=O)C(N)c1cnn(C)c1)C1CCOCC1. The Labute approximate surface area is 113 Å². The van der Waals surface area contributed by atoms with Gasteiger partial charge in [0.1, 0.15) is 6.04 Å². The lowest BCUT2D eigenvalue weighted by atomic mass is 9.92. The third-order valence-electron chi connectivity index (χ3n) is 3.71. The lowest BCUT2D eigenvalue weighted by molar-refractivity contribution is -0.123. The second-order valence-electron chi connectivity index (χ2n) is 5.17. The highest BCUT2D eigenvalue weighted by Crippen LogP contribution is 2.19. The van der Waals surface area contributed by atoms with Crippen LogP contribution in [-0.4, -0.2) is 34.9 Å². The van der Waals surface area contributed by atoms with E-state index in [0.717, 1.165) is 31.6 Å². The van der Waals surface area contributed by atoms with Crippen molar-refractivity contribution in [2.45, 2.75) is 31.8 Å². The highest BCUT2D eigenvalue weighted by Gasteiger charge is 2.24. The van der Waals surface area contributed by atoms with Gasteiger partial charge in [-0.25, -0.2) is 0 Å². The van der Waals surface area contributed by atoms with E-state index < -0.39 is 6.04 Å². The van der Waals surface area contributed by atoms with Gasteiger partial charge in [-0.15, -0.1) is 0 Å². The number of hydrogen-bond donors (Lipinski definition) is 2. The van der Waals surface area contributed by atoms with E-state index in [1.165, 1.54) is 0 Å². The number of aryl methyl sites for hydroxylation is 1. The molecule has 19 heavy (non-hydrogen) atoms. The molecule has 0 aliphatic carbocycles. The van der Waals surface area contributed by atoms with Crippen LogP contribution >= 0.6 is 0 Å². The summed E-state index contributed by atoms with van der Waals surface area (Å²) < 4.78 is 6.97. The summed E-state index contributed by atoms with van der Waals surface area (Å²) in [5.74, 6) is 0.325. The van der Waals surface area contributed by atoms with Crippen LogP contribution in [0.5, 0.6) is 0 Å². The van der Waals surface area contributed by atoms with Gasteiger partial charge in [0.2, 0.25) is 5.91 Å². The van der Waals surface area contributed by atoms with Gasteiger partial charge >= 0.3 is 0 Å². The van der Waals surface area contributed by atoms with Crippen LogP contribution in [0.3, 0.4) is 0 Å². The number of hydrogen-bond acceptors (Lipinski definition) is 4.